The van der Waals surface area contributed by atoms with Gasteiger partial charge in [0.2, 0.25) is 5.95 Å². The summed E-state index contributed by atoms with van der Waals surface area (Å²) in [7, 11) is -2.90. The van der Waals surface area contributed by atoms with Crippen LogP contribution in [0.1, 0.15) is 60.7 Å². The second-order valence-corrected chi connectivity index (χ2v) is 11.6. The molecule has 2 aromatic carbocycles. The Morgan fingerprint density at radius 1 is 1.05 bits per heavy atom. The van der Waals surface area contributed by atoms with Crippen LogP contribution >= 0.6 is 7.60 Å². The fraction of sp³-hybridized carbons (Fsp3) is 0.370. The zero-order valence-corrected chi connectivity index (χ0v) is 23.8. The van der Waals surface area contributed by atoms with Gasteiger partial charge in [0.1, 0.15) is 17.1 Å². The summed E-state index contributed by atoms with van der Waals surface area (Å²) >= 11 is 0. The van der Waals surface area contributed by atoms with Crippen molar-refractivity contribution in [1.29, 1.82) is 0 Å². The van der Waals surface area contributed by atoms with E-state index < -0.39 is 30.3 Å². The molecule has 3 aromatic rings. The molecule has 0 saturated carbocycles. The fourth-order valence-electron chi connectivity index (χ4n) is 5.03. The molecule has 0 fully saturated rings. The van der Waals surface area contributed by atoms with Crippen LogP contribution in [0.15, 0.2) is 42.6 Å². The Kier molecular flexibility index (Phi) is 8.35. The molecule has 14 heteroatoms. The highest BCUT2D eigenvalue weighted by Gasteiger charge is 2.45. The summed E-state index contributed by atoms with van der Waals surface area (Å²) in [5.41, 5.74) is 0.620. The third-order valence-corrected chi connectivity index (χ3v) is 9.28. The van der Waals surface area contributed by atoms with E-state index in [1.165, 1.54) is 11.0 Å². The van der Waals surface area contributed by atoms with Crippen LogP contribution in [0.3, 0.4) is 0 Å². The molecule has 0 saturated heterocycles. The highest BCUT2D eigenvalue weighted by Crippen LogP contribution is 2.61. The van der Waals surface area contributed by atoms with Gasteiger partial charge in [-0.25, -0.2) is 4.98 Å². The third kappa shape index (κ3) is 5.74. The molecule has 0 unspecified atom stereocenters. The van der Waals surface area contributed by atoms with E-state index in [9.17, 15) is 32.3 Å². The number of carbonyl (C=O) groups excluding carboxylic acids is 1. The van der Waals surface area contributed by atoms with Gasteiger partial charge in [-0.3, -0.25) is 9.36 Å². The maximum atomic E-state index is 13.9. The van der Waals surface area contributed by atoms with Gasteiger partial charge in [-0.15, -0.1) is 0 Å². The first-order valence-electron chi connectivity index (χ1n) is 12.9. The lowest BCUT2D eigenvalue weighted by Crippen LogP contribution is -2.24. The van der Waals surface area contributed by atoms with Crippen molar-refractivity contribution in [2.75, 3.05) is 24.3 Å². The predicted molar refractivity (Wildman–Crippen MR) is 148 cm³/mol. The van der Waals surface area contributed by atoms with E-state index in [1.54, 1.807) is 58.2 Å². The molecule has 0 aliphatic carbocycles. The van der Waals surface area contributed by atoms with Crippen LogP contribution < -0.4 is 15.4 Å². The van der Waals surface area contributed by atoms with Gasteiger partial charge in [0, 0.05) is 24.5 Å². The van der Waals surface area contributed by atoms with Crippen molar-refractivity contribution in [2.45, 2.75) is 51.5 Å². The van der Waals surface area contributed by atoms with Crippen molar-refractivity contribution in [3.05, 3.63) is 64.8 Å². The number of nitrogens with one attached hydrogen (secondary N) is 2. The van der Waals surface area contributed by atoms with Crippen LogP contribution in [0.5, 0.6) is 5.75 Å². The van der Waals surface area contributed by atoms with Crippen molar-refractivity contribution < 1.29 is 37.1 Å². The van der Waals surface area contributed by atoms with E-state index in [1.807, 2.05) is 0 Å². The number of amides is 1. The van der Waals surface area contributed by atoms with Gasteiger partial charge in [0.05, 0.1) is 29.6 Å². The predicted octanol–water partition coefficient (Wildman–Crippen LogP) is 6.16. The first-order valence-corrected chi connectivity index (χ1v) is 14.6. The zero-order chi connectivity index (χ0) is 30.2. The Labute approximate surface area is 235 Å². The molecular weight excluding hydrogens is 562 g/mol. The second-order valence-electron chi connectivity index (χ2n) is 9.62. The number of anilines is 4. The van der Waals surface area contributed by atoms with Gasteiger partial charge in [-0.2, -0.15) is 18.2 Å². The highest BCUT2D eigenvalue weighted by molar-refractivity contribution is 7.53. The Hall–Kier alpha value is -3.67. The Bertz CT molecular complexity index is 1490. The molecule has 4 rings (SSSR count). The summed E-state index contributed by atoms with van der Waals surface area (Å²) in [5, 5.41) is 4.17. The molecule has 4 N–H and O–H groups in total. The van der Waals surface area contributed by atoms with Gasteiger partial charge in [-0.05, 0) is 49.6 Å². The van der Waals surface area contributed by atoms with Crippen molar-refractivity contribution >= 4 is 36.6 Å². The molecule has 0 atom stereocenters. The Balaban J connectivity index is 1.69. The minimum absolute atomic E-state index is 0.144. The average molecular weight is 594 g/mol. The summed E-state index contributed by atoms with van der Waals surface area (Å²) in [6.07, 6.45) is -3.72. The molecule has 10 nitrogen and oxygen atoms in total. The summed E-state index contributed by atoms with van der Waals surface area (Å²) in [6, 6.07) is 9.28. The van der Waals surface area contributed by atoms with Gasteiger partial charge in [0.15, 0.2) is 0 Å². The quantitative estimate of drug-likeness (QED) is 0.204. The van der Waals surface area contributed by atoms with Crippen LogP contribution in [0.4, 0.5) is 36.3 Å². The standard InChI is InChI=1S/C27H31F3N5O5P/c1-5-26(6-2,41(37,38)39)16-8-10-17(11-9-16)32-25-31-14-19(27(28,29)30)23(34-25)33-20-12-13-21(40-7-3)18-15-35(4)24(36)22(18)20/h8-14H,5-7,15H2,1-4H3,(H2,37,38,39)(H2,31,32,33,34). The molecule has 41 heavy (non-hydrogen) atoms. The lowest BCUT2D eigenvalue weighted by atomic mass is 9.92. The minimum atomic E-state index is -4.79. The SMILES string of the molecule is CCOc1ccc(Nc2nc(Nc3ccc(C(CC)(CC)P(=O)(O)O)cc3)ncc2C(F)(F)F)c2c1CN(C)C2=O. The zero-order valence-electron chi connectivity index (χ0n) is 22.9. The van der Waals surface area contributed by atoms with Crippen molar-refractivity contribution in [2.24, 2.45) is 0 Å². The van der Waals surface area contributed by atoms with E-state index in [-0.39, 0.29) is 42.5 Å². The molecule has 0 bridgehead atoms. The van der Waals surface area contributed by atoms with Gasteiger partial charge in [-0.1, -0.05) is 26.0 Å². The number of hydrogen-bond acceptors (Lipinski definition) is 7. The summed E-state index contributed by atoms with van der Waals surface area (Å²) in [6.45, 7) is 5.79. The number of carbonyl (C=O) groups is 1. The third-order valence-electron chi connectivity index (χ3n) is 7.28. The number of ether oxygens (including phenoxy) is 1. The Morgan fingerprint density at radius 3 is 2.27 bits per heavy atom. The van der Waals surface area contributed by atoms with Crippen LogP contribution in [0, 0.1) is 0 Å². The summed E-state index contributed by atoms with van der Waals surface area (Å²) in [5.74, 6) is -0.607. The lowest BCUT2D eigenvalue weighted by Gasteiger charge is -2.33. The fourth-order valence-corrected chi connectivity index (χ4v) is 6.34. The van der Waals surface area contributed by atoms with Crippen LogP contribution in [-0.2, 0) is 22.4 Å². The molecule has 1 aliphatic rings. The maximum Gasteiger partial charge on any atom is 0.421 e. The number of nitrogens with zero attached hydrogens (tertiary/aromatic N) is 3. The molecule has 1 aromatic heterocycles. The van der Waals surface area contributed by atoms with Gasteiger partial charge < -0.3 is 30.1 Å². The molecule has 0 spiro atoms. The topological polar surface area (TPSA) is 137 Å². The van der Waals surface area contributed by atoms with E-state index in [0.717, 1.165) is 0 Å². The number of hydrogen-bond donors (Lipinski definition) is 4. The first kappa shape index (κ1) is 30.3. The lowest BCUT2D eigenvalue weighted by molar-refractivity contribution is -0.137. The van der Waals surface area contributed by atoms with Crippen LogP contribution in [0.25, 0.3) is 0 Å². The van der Waals surface area contributed by atoms with Gasteiger partial charge >= 0.3 is 13.8 Å². The summed E-state index contributed by atoms with van der Waals surface area (Å²) < 4.78 is 59.6. The second kappa shape index (κ2) is 11.3. The number of alkyl halides is 3. The van der Waals surface area contributed by atoms with Crippen LogP contribution in [-0.4, -0.2) is 44.2 Å². The molecule has 1 amide bonds. The van der Waals surface area contributed by atoms with Crippen molar-refractivity contribution in [3.63, 3.8) is 0 Å². The normalized spacial score (nSPS) is 13.8. The molecule has 220 valence electrons. The Morgan fingerprint density at radius 2 is 1.71 bits per heavy atom. The van der Waals surface area contributed by atoms with E-state index in [4.69, 9.17) is 4.74 Å². The van der Waals surface area contributed by atoms with E-state index in [2.05, 4.69) is 20.6 Å². The minimum Gasteiger partial charge on any atom is -0.493 e. The number of halogens is 3. The van der Waals surface area contributed by atoms with Crippen molar-refractivity contribution in [1.82, 2.24) is 14.9 Å². The maximum absolute atomic E-state index is 13.9. The summed E-state index contributed by atoms with van der Waals surface area (Å²) in [4.78, 5) is 42.2. The average Bonchev–Trinajstić information content (AvgIpc) is 3.21. The number of aromatic nitrogens is 2. The molecule has 0 radical (unpaired) electrons. The molecular formula is C27H31F3N5O5P. The van der Waals surface area contributed by atoms with Crippen LogP contribution in [0.2, 0.25) is 0 Å². The number of benzene rings is 2. The largest absolute Gasteiger partial charge is 0.493 e. The monoisotopic (exact) mass is 593 g/mol. The first-order chi connectivity index (χ1) is 19.3. The highest BCUT2D eigenvalue weighted by atomic mass is 31.2. The number of rotatable bonds is 10. The smallest absolute Gasteiger partial charge is 0.421 e. The van der Waals surface area contributed by atoms with E-state index in [0.29, 0.717) is 35.4 Å². The number of fused-ring (bicyclic) bond motifs is 1. The van der Waals surface area contributed by atoms with Crippen molar-refractivity contribution in [3.8, 4) is 5.75 Å². The molecule has 1 aliphatic heterocycles. The molecule has 2 heterocycles. The van der Waals surface area contributed by atoms with Gasteiger partial charge in [0.25, 0.3) is 5.91 Å². The van der Waals surface area contributed by atoms with E-state index >= 15 is 0 Å².